The molecule has 1 rings (SSSR count). The van der Waals surface area contributed by atoms with Crippen LogP contribution >= 0.6 is 23.2 Å². The van der Waals surface area contributed by atoms with Crippen LogP contribution in [-0.2, 0) is 10.0 Å². The third-order valence-corrected chi connectivity index (χ3v) is 4.73. The van der Waals surface area contributed by atoms with Gasteiger partial charge >= 0.3 is 5.69 Å². The van der Waals surface area contributed by atoms with Gasteiger partial charge in [0.2, 0.25) is 10.0 Å². The third kappa shape index (κ3) is 4.03. The Labute approximate surface area is 126 Å². The molecular formula is C10H13Cl2N3O4S. The first-order chi connectivity index (χ1) is 9.31. The van der Waals surface area contributed by atoms with Gasteiger partial charge in [-0.25, -0.2) is 13.1 Å². The molecule has 0 aliphatic rings. The molecule has 0 heterocycles. The summed E-state index contributed by atoms with van der Waals surface area (Å²) in [7, 11) is -3.93. The molecule has 1 aromatic rings. The number of nitro benzene ring substituents is 1. The molecule has 3 N–H and O–H groups in total. The first kappa shape index (κ1) is 17.1. The molecule has 112 valence electrons. The van der Waals surface area contributed by atoms with Gasteiger partial charge in [0.1, 0.15) is 14.9 Å². The van der Waals surface area contributed by atoms with E-state index in [4.69, 9.17) is 28.9 Å². The Hall–Kier alpha value is -0.930. The van der Waals surface area contributed by atoms with E-state index in [1.165, 1.54) is 0 Å². The number of nitro groups is 1. The van der Waals surface area contributed by atoms with Crippen molar-refractivity contribution in [3.05, 3.63) is 32.3 Å². The lowest BCUT2D eigenvalue weighted by Crippen LogP contribution is -2.25. The second kappa shape index (κ2) is 7.19. The number of benzene rings is 1. The van der Waals surface area contributed by atoms with Crippen LogP contribution in [0.5, 0.6) is 0 Å². The summed E-state index contributed by atoms with van der Waals surface area (Å²) in [6.07, 6.45) is 1.22. The van der Waals surface area contributed by atoms with Crippen LogP contribution < -0.4 is 10.5 Å². The highest BCUT2D eigenvalue weighted by molar-refractivity contribution is 7.89. The summed E-state index contributed by atoms with van der Waals surface area (Å²) in [6, 6.07) is 2.25. The van der Waals surface area contributed by atoms with Gasteiger partial charge in [0.05, 0.1) is 4.92 Å². The standard InChI is InChI=1S/C10H13Cl2N3O4S/c11-7-3-4-8(9(12)10(7)15(16)17)20(18,19)14-6-2-1-5-13/h3-4,14H,1-2,5-6,13H2. The van der Waals surface area contributed by atoms with Crippen molar-refractivity contribution in [2.45, 2.75) is 17.7 Å². The minimum atomic E-state index is -3.93. The smallest absolute Gasteiger partial charge is 0.307 e. The van der Waals surface area contributed by atoms with E-state index in [0.29, 0.717) is 19.4 Å². The van der Waals surface area contributed by atoms with Crippen LogP contribution in [0.3, 0.4) is 0 Å². The first-order valence-corrected chi connectivity index (χ1v) is 7.87. The third-order valence-electron chi connectivity index (χ3n) is 2.43. The van der Waals surface area contributed by atoms with Crippen LogP contribution in [0.15, 0.2) is 17.0 Å². The van der Waals surface area contributed by atoms with Crippen LogP contribution in [0.4, 0.5) is 5.69 Å². The van der Waals surface area contributed by atoms with E-state index in [9.17, 15) is 18.5 Å². The first-order valence-electron chi connectivity index (χ1n) is 5.63. The Balaban J connectivity index is 3.07. The second-order valence-electron chi connectivity index (χ2n) is 3.86. The molecule has 0 amide bonds. The average Bonchev–Trinajstić information content (AvgIpc) is 2.34. The largest absolute Gasteiger partial charge is 0.330 e. The molecule has 0 saturated carbocycles. The number of hydrogen-bond acceptors (Lipinski definition) is 5. The quantitative estimate of drug-likeness (QED) is 0.446. The van der Waals surface area contributed by atoms with Gasteiger partial charge in [-0.3, -0.25) is 10.1 Å². The van der Waals surface area contributed by atoms with Crippen molar-refractivity contribution in [1.29, 1.82) is 0 Å². The van der Waals surface area contributed by atoms with Crippen molar-refractivity contribution in [2.75, 3.05) is 13.1 Å². The lowest BCUT2D eigenvalue weighted by Gasteiger charge is -2.08. The number of nitrogens with two attached hydrogens (primary N) is 1. The summed E-state index contributed by atoms with van der Waals surface area (Å²) in [5.74, 6) is 0. The molecule has 0 atom stereocenters. The zero-order valence-corrected chi connectivity index (χ0v) is 12.6. The molecule has 0 aromatic heterocycles. The normalized spacial score (nSPS) is 11.6. The number of unbranched alkanes of at least 4 members (excludes halogenated alkanes) is 1. The summed E-state index contributed by atoms with van der Waals surface area (Å²) < 4.78 is 26.3. The van der Waals surface area contributed by atoms with Crippen LogP contribution in [0, 0.1) is 10.1 Å². The fraction of sp³-hybridized carbons (Fsp3) is 0.400. The zero-order valence-electron chi connectivity index (χ0n) is 10.3. The molecule has 0 aliphatic carbocycles. The van der Waals surface area contributed by atoms with E-state index in [1.807, 2.05) is 0 Å². The molecule has 0 fully saturated rings. The molecule has 0 bridgehead atoms. The monoisotopic (exact) mass is 341 g/mol. The van der Waals surface area contributed by atoms with E-state index in [0.717, 1.165) is 12.1 Å². The molecule has 0 unspecified atom stereocenters. The summed E-state index contributed by atoms with van der Waals surface area (Å²) >= 11 is 11.4. The highest BCUT2D eigenvalue weighted by atomic mass is 35.5. The minimum Gasteiger partial charge on any atom is -0.330 e. The Bertz CT molecular complexity index is 607. The Morgan fingerprint density at radius 1 is 1.30 bits per heavy atom. The van der Waals surface area contributed by atoms with E-state index in [2.05, 4.69) is 4.72 Å². The molecule has 0 aliphatic heterocycles. The van der Waals surface area contributed by atoms with Crippen LogP contribution in [0.2, 0.25) is 10.0 Å². The number of hydrogen-bond donors (Lipinski definition) is 2. The SMILES string of the molecule is NCCCCNS(=O)(=O)c1ccc(Cl)c([N+](=O)[O-])c1Cl. The summed E-state index contributed by atoms with van der Waals surface area (Å²) in [6.45, 7) is 0.626. The van der Waals surface area contributed by atoms with Gasteiger partial charge in [0, 0.05) is 6.54 Å². The molecule has 1 aromatic carbocycles. The number of rotatable bonds is 7. The van der Waals surface area contributed by atoms with E-state index >= 15 is 0 Å². The van der Waals surface area contributed by atoms with Crippen molar-refractivity contribution in [2.24, 2.45) is 5.73 Å². The Kier molecular flexibility index (Phi) is 6.15. The minimum absolute atomic E-state index is 0.173. The molecule has 0 spiro atoms. The maximum atomic E-state index is 12.0. The van der Waals surface area contributed by atoms with Crippen LogP contribution in [0.1, 0.15) is 12.8 Å². The topological polar surface area (TPSA) is 115 Å². The van der Waals surface area contributed by atoms with Gasteiger partial charge in [-0.1, -0.05) is 23.2 Å². The van der Waals surface area contributed by atoms with Gasteiger partial charge in [0.15, 0.2) is 0 Å². The van der Waals surface area contributed by atoms with Crippen molar-refractivity contribution in [3.8, 4) is 0 Å². The Morgan fingerprint density at radius 3 is 2.50 bits per heavy atom. The zero-order chi connectivity index (χ0) is 15.3. The summed E-state index contributed by atoms with van der Waals surface area (Å²) in [5.41, 5.74) is 4.67. The van der Waals surface area contributed by atoms with Crippen molar-refractivity contribution < 1.29 is 13.3 Å². The molecule has 7 nitrogen and oxygen atoms in total. The van der Waals surface area contributed by atoms with Gasteiger partial charge in [0.25, 0.3) is 0 Å². The number of nitrogens with zero attached hydrogens (tertiary/aromatic N) is 1. The molecule has 0 saturated heterocycles. The average molecular weight is 342 g/mol. The van der Waals surface area contributed by atoms with Crippen molar-refractivity contribution >= 4 is 38.9 Å². The van der Waals surface area contributed by atoms with Crippen molar-refractivity contribution in [1.82, 2.24) is 4.72 Å². The molecule has 20 heavy (non-hydrogen) atoms. The highest BCUT2D eigenvalue weighted by Gasteiger charge is 2.27. The van der Waals surface area contributed by atoms with Crippen LogP contribution in [-0.4, -0.2) is 26.4 Å². The van der Waals surface area contributed by atoms with Gasteiger partial charge in [-0.05, 0) is 31.5 Å². The molecular weight excluding hydrogens is 329 g/mol. The maximum absolute atomic E-state index is 12.0. The fourth-order valence-electron chi connectivity index (χ4n) is 1.45. The van der Waals surface area contributed by atoms with Gasteiger partial charge < -0.3 is 5.73 Å². The number of halogens is 2. The Morgan fingerprint density at radius 2 is 1.95 bits per heavy atom. The second-order valence-corrected chi connectivity index (χ2v) is 6.38. The van der Waals surface area contributed by atoms with Gasteiger partial charge in [-0.15, -0.1) is 0 Å². The fourth-order valence-corrected chi connectivity index (χ4v) is 3.41. The van der Waals surface area contributed by atoms with E-state index < -0.39 is 25.7 Å². The lowest BCUT2D eigenvalue weighted by molar-refractivity contribution is -0.384. The number of nitrogens with one attached hydrogen (secondary N) is 1. The highest BCUT2D eigenvalue weighted by Crippen LogP contribution is 2.36. The van der Waals surface area contributed by atoms with E-state index in [-0.39, 0.29) is 16.5 Å². The van der Waals surface area contributed by atoms with Gasteiger partial charge in [-0.2, -0.15) is 0 Å². The predicted molar refractivity (Wildman–Crippen MR) is 76.6 cm³/mol. The predicted octanol–water partition coefficient (Wildman–Crippen LogP) is 1.92. The molecule has 0 radical (unpaired) electrons. The van der Waals surface area contributed by atoms with Crippen LogP contribution in [0.25, 0.3) is 0 Å². The maximum Gasteiger partial charge on any atom is 0.307 e. The van der Waals surface area contributed by atoms with E-state index in [1.54, 1.807) is 0 Å². The lowest BCUT2D eigenvalue weighted by atomic mass is 10.3. The summed E-state index contributed by atoms with van der Waals surface area (Å²) in [5, 5.41) is 10.1. The summed E-state index contributed by atoms with van der Waals surface area (Å²) in [4.78, 5) is 9.64. The van der Waals surface area contributed by atoms with Crippen molar-refractivity contribution in [3.63, 3.8) is 0 Å². The molecule has 10 heteroatoms. The number of sulfonamides is 1.